The van der Waals surface area contributed by atoms with Crippen LogP contribution in [0.1, 0.15) is 16.4 Å². The Kier molecular flexibility index (Phi) is 5.70. The fourth-order valence-corrected chi connectivity index (χ4v) is 7.98. The van der Waals surface area contributed by atoms with Crippen molar-refractivity contribution in [1.82, 2.24) is 0 Å². The second-order valence-corrected chi connectivity index (χ2v) is 14.0. The maximum absolute atomic E-state index is 9.43. The van der Waals surface area contributed by atoms with E-state index in [2.05, 4.69) is 0 Å². The Bertz CT molecular complexity index is 3930. The predicted octanol–water partition coefficient (Wildman–Crippen LogP) is 16.0. The van der Waals surface area contributed by atoms with Crippen LogP contribution in [-0.2, 0) is 0 Å². The van der Waals surface area contributed by atoms with Crippen molar-refractivity contribution in [2.45, 2.75) is 0 Å². The quantitative estimate of drug-likeness (QED) is 0.161. The van der Waals surface area contributed by atoms with E-state index in [0.29, 0.717) is 45.0 Å². The molecule has 2 heteroatoms. The highest BCUT2D eigenvalue weighted by molar-refractivity contribution is 6.19. The van der Waals surface area contributed by atoms with E-state index in [1.54, 1.807) is 24.3 Å². The molecule has 0 unspecified atom stereocenters. The lowest BCUT2D eigenvalue weighted by atomic mass is 9.93. The zero-order valence-electron chi connectivity index (χ0n) is 42.8. The number of furan rings is 1. The number of hydrogen-bond acceptors (Lipinski definition) is 2. The minimum absolute atomic E-state index is 0.106. The summed E-state index contributed by atoms with van der Waals surface area (Å²) in [6, 6.07) is 42.7. The number of para-hydroxylation sites is 1. The van der Waals surface area contributed by atoms with Crippen molar-refractivity contribution in [3.05, 3.63) is 224 Å². The van der Waals surface area contributed by atoms with Crippen LogP contribution in [0.3, 0.4) is 0 Å². The minimum atomic E-state index is -0.579. The molecule has 0 amide bonds. The van der Waals surface area contributed by atoms with Crippen LogP contribution < -0.4 is 4.90 Å². The van der Waals surface area contributed by atoms with E-state index in [9.17, 15) is 4.11 Å². The van der Waals surface area contributed by atoms with Crippen molar-refractivity contribution in [2.24, 2.45) is 0 Å². The molecule has 11 rings (SSSR count). The van der Waals surface area contributed by atoms with Crippen LogP contribution in [0.4, 0.5) is 17.1 Å². The van der Waals surface area contributed by atoms with Gasteiger partial charge in [0.25, 0.3) is 0 Å². The Hall–Kier alpha value is -7.68. The van der Waals surface area contributed by atoms with E-state index >= 15 is 0 Å². The highest BCUT2D eigenvalue weighted by Gasteiger charge is 2.22. The van der Waals surface area contributed by atoms with Gasteiger partial charge in [0.05, 0.1) is 27.8 Å². The van der Waals surface area contributed by atoms with E-state index in [-0.39, 0.29) is 28.3 Å². The Labute approximate surface area is 354 Å². The van der Waals surface area contributed by atoms with Crippen LogP contribution in [0.15, 0.2) is 229 Å². The number of rotatable bonds is 7. The Morgan fingerprint density at radius 3 is 1.86 bits per heavy atom. The molecule has 2 nitrogen and oxygen atoms in total. The second kappa shape index (κ2) is 14.1. The van der Waals surface area contributed by atoms with Crippen molar-refractivity contribution in [1.29, 1.82) is 0 Å². The molecule has 0 saturated heterocycles. The van der Waals surface area contributed by atoms with E-state index < -0.39 is 60.4 Å². The van der Waals surface area contributed by atoms with Gasteiger partial charge in [0.1, 0.15) is 11.2 Å². The Morgan fingerprint density at radius 2 is 1.05 bits per heavy atom. The van der Waals surface area contributed by atoms with Gasteiger partial charge in [0.15, 0.2) is 0 Å². The van der Waals surface area contributed by atoms with Crippen LogP contribution in [0.25, 0.3) is 88.0 Å². The SMILES string of the molecule is [2H]c1c([2H])c([2H])c(-c2ccc(N(c3ccc(-c4ccccc4)cc3)c3ccc(-c4cc([2H])c5c(ccc6oc7cccc([2H])c7c65)c4)c4ccccc34)c(-c3c([2H])c([2H])c([2H])c([2H])c3[2H])c2)c([2H])c1[2H]. The predicted molar refractivity (Wildman–Crippen MR) is 245 cm³/mol. The van der Waals surface area contributed by atoms with Crippen LogP contribution >= 0.6 is 0 Å². The lowest BCUT2D eigenvalue weighted by molar-refractivity contribution is 0.669. The summed E-state index contributed by atoms with van der Waals surface area (Å²) in [5.74, 6) is 0. The molecule has 1 aromatic heterocycles. The van der Waals surface area contributed by atoms with Gasteiger partial charge in [0.2, 0.25) is 0 Å². The highest BCUT2D eigenvalue weighted by Crippen LogP contribution is 2.47. The molecular weight excluding hydrogens is 703 g/mol. The molecule has 1 heterocycles. The highest BCUT2D eigenvalue weighted by atomic mass is 16.3. The first-order chi connectivity index (χ1) is 33.7. The largest absolute Gasteiger partial charge is 0.456 e. The lowest BCUT2D eigenvalue weighted by Crippen LogP contribution is -2.12. The van der Waals surface area contributed by atoms with E-state index in [1.807, 2.05) is 126 Å². The summed E-state index contributed by atoms with van der Waals surface area (Å²) in [5.41, 5.74) is 6.48. The first kappa shape index (κ1) is 23.4. The maximum atomic E-state index is 9.43. The normalized spacial score (nSPS) is 14.3. The van der Waals surface area contributed by atoms with Crippen molar-refractivity contribution < 1.29 is 20.9 Å². The summed E-state index contributed by atoms with van der Waals surface area (Å²) >= 11 is 0. The molecule has 58 heavy (non-hydrogen) atoms. The Balaban J connectivity index is 1.18. The first-order valence-electron chi connectivity index (χ1n) is 24.8. The van der Waals surface area contributed by atoms with Crippen LogP contribution in [0.5, 0.6) is 0 Å². The zero-order chi connectivity index (χ0) is 48.9. The molecular formula is C56H37NO. The van der Waals surface area contributed by atoms with Crippen molar-refractivity contribution in [3.63, 3.8) is 0 Å². The van der Waals surface area contributed by atoms with Crippen molar-refractivity contribution in [2.75, 3.05) is 4.90 Å². The smallest absolute Gasteiger partial charge is 0.136 e. The average molecular weight is 752 g/mol. The molecule has 0 bridgehead atoms. The number of anilines is 3. The van der Waals surface area contributed by atoms with Crippen molar-refractivity contribution in [3.8, 4) is 44.5 Å². The van der Waals surface area contributed by atoms with E-state index in [1.165, 1.54) is 6.07 Å². The fraction of sp³-hybridized carbons (Fsp3) is 0. The third-order valence-corrected chi connectivity index (χ3v) is 10.7. The van der Waals surface area contributed by atoms with Gasteiger partial charge in [-0.15, -0.1) is 0 Å². The monoisotopic (exact) mass is 751 g/mol. The molecule has 0 aliphatic heterocycles. The molecule has 0 atom stereocenters. The van der Waals surface area contributed by atoms with Gasteiger partial charge in [-0.05, 0) is 104 Å². The fourth-order valence-electron chi connectivity index (χ4n) is 7.98. The Morgan fingerprint density at radius 1 is 0.362 bits per heavy atom. The van der Waals surface area contributed by atoms with Crippen LogP contribution in [0.2, 0.25) is 0 Å². The summed E-state index contributed by atoms with van der Waals surface area (Å²) in [4.78, 5) is 1.94. The molecule has 272 valence electrons. The number of nitrogens with zero attached hydrogens (tertiary/aromatic N) is 1. The third kappa shape index (κ3) is 5.82. The molecule has 0 fully saturated rings. The number of benzene rings is 10. The van der Waals surface area contributed by atoms with Crippen LogP contribution in [0, 0.1) is 0 Å². The van der Waals surface area contributed by atoms with Gasteiger partial charge >= 0.3 is 0 Å². The second-order valence-electron chi connectivity index (χ2n) is 14.0. The molecule has 0 N–H and O–H groups in total. The van der Waals surface area contributed by atoms with Gasteiger partial charge in [-0.25, -0.2) is 0 Å². The van der Waals surface area contributed by atoms with E-state index in [4.69, 9.17) is 16.8 Å². The molecule has 0 aliphatic rings. The molecule has 0 radical (unpaired) electrons. The summed E-state index contributed by atoms with van der Waals surface area (Å²) in [6.45, 7) is 0. The maximum Gasteiger partial charge on any atom is 0.136 e. The van der Waals surface area contributed by atoms with Gasteiger partial charge in [-0.1, -0.05) is 176 Å². The molecule has 0 aliphatic carbocycles. The van der Waals surface area contributed by atoms with Gasteiger partial charge in [-0.3, -0.25) is 0 Å². The minimum Gasteiger partial charge on any atom is -0.456 e. The van der Waals surface area contributed by atoms with Crippen LogP contribution in [-0.4, -0.2) is 0 Å². The molecule has 0 saturated carbocycles. The third-order valence-electron chi connectivity index (χ3n) is 10.7. The molecule has 0 spiro atoms. The topological polar surface area (TPSA) is 16.4 Å². The van der Waals surface area contributed by atoms with Gasteiger partial charge in [0, 0.05) is 27.4 Å². The summed E-state index contributed by atoms with van der Waals surface area (Å²) in [7, 11) is 0. The van der Waals surface area contributed by atoms with E-state index in [0.717, 1.165) is 43.8 Å². The summed E-state index contributed by atoms with van der Waals surface area (Å²) < 4.78 is 112. The first-order valence-corrected chi connectivity index (χ1v) is 18.8. The molecule has 10 aromatic carbocycles. The van der Waals surface area contributed by atoms with Crippen molar-refractivity contribution >= 4 is 60.5 Å². The standard InChI is InChI=1S/C56H37NO/c1-4-14-38(15-5-1)40-24-29-45(30-25-40)57(53-33-27-42(39-16-6-2-7-17-39)37-51(53)41-18-8-3-9-19-41)52-34-32-46(48-20-10-11-21-49(48)52)43-26-31-47-44(36-43)28-35-55-56(47)50-22-12-13-23-54(50)58-55/h1-37H/i2D,3D,6D,7D,8D,9D,16D,17D,18D,19D,22D,31D. The number of fused-ring (bicyclic) bond motifs is 6. The lowest BCUT2D eigenvalue weighted by Gasteiger charge is -2.30. The summed E-state index contributed by atoms with van der Waals surface area (Å²) in [6.07, 6.45) is 0. The van der Waals surface area contributed by atoms with Gasteiger partial charge < -0.3 is 9.32 Å². The number of hydrogen-bond donors (Lipinski definition) is 0. The zero-order valence-corrected chi connectivity index (χ0v) is 30.8. The average Bonchev–Trinajstić information content (AvgIpc) is 3.77. The summed E-state index contributed by atoms with van der Waals surface area (Å²) in [5, 5.41) is 4.45. The molecule has 11 aromatic rings. The van der Waals surface area contributed by atoms with Gasteiger partial charge in [-0.2, -0.15) is 0 Å².